The highest BCUT2D eigenvalue weighted by Crippen LogP contribution is 2.34. The van der Waals surface area contributed by atoms with Crippen LogP contribution in [-0.2, 0) is 11.4 Å². The van der Waals surface area contributed by atoms with Crippen molar-refractivity contribution in [2.75, 3.05) is 7.05 Å². The predicted molar refractivity (Wildman–Crippen MR) is 165 cm³/mol. The molecule has 212 valence electrons. The summed E-state index contributed by atoms with van der Waals surface area (Å²) in [5.74, 6) is 0.738. The second-order valence-corrected chi connectivity index (χ2v) is 10.3. The average Bonchev–Trinajstić information content (AvgIpc) is 3.49. The summed E-state index contributed by atoms with van der Waals surface area (Å²) in [6.07, 6.45) is 6.62. The first-order chi connectivity index (χ1) is 20.3. The number of rotatable bonds is 9. The predicted octanol–water partition coefficient (Wildman–Crippen LogP) is 6.26. The molecule has 5 aromatic rings. The maximum absolute atomic E-state index is 13.0. The van der Waals surface area contributed by atoms with Crippen LogP contribution in [-0.4, -0.2) is 33.3 Å². The first kappa shape index (κ1) is 29.0. The van der Waals surface area contributed by atoms with Gasteiger partial charge in [0.25, 0.3) is 5.91 Å². The van der Waals surface area contributed by atoms with Gasteiger partial charge in [-0.25, -0.2) is 9.97 Å². The Bertz CT molecular complexity index is 1820. The number of amides is 1. The van der Waals surface area contributed by atoms with Gasteiger partial charge in [-0.15, -0.1) is 0 Å². The van der Waals surface area contributed by atoms with Crippen LogP contribution < -0.4 is 15.8 Å². The van der Waals surface area contributed by atoms with Gasteiger partial charge in [0.05, 0.1) is 10.7 Å². The number of benzene rings is 3. The summed E-state index contributed by atoms with van der Waals surface area (Å²) in [6, 6.07) is 18.6. The Labute approximate surface area is 252 Å². The van der Waals surface area contributed by atoms with Gasteiger partial charge in [0.2, 0.25) is 0 Å². The highest BCUT2D eigenvalue weighted by Gasteiger charge is 2.21. The van der Waals surface area contributed by atoms with Gasteiger partial charge in [0, 0.05) is 46.7 Å². The quantitative estimate of drug-likeness (QED) is 0.193. The van der Waals surface area contributed by atoms with E-state index in [0.29, 0.717) is 49.6 Å². The smallest absolute Gasteiger partial charge is 0.251 e. The van der Waals surface area contributed by atoms with E-state index >= 15 is 0 Å². The van der Waals surface area contributed by atoms with Gasteiger partial charge in [-0.05, 0) is 61.0 Å². The van der Waals surface area contributed by atoms with E-state index in [2.05, 4.69) is 15.3 Å². The molecule has 0 aliphatic rings. The maximum Gasteiger partial charge on any atom is 0.251 e. The number of nitrogens with one attached hydrogen (secondary N) is 1. The number of hydrogen-bond acceptors (Lipinski definition) is 6. The fraction of sp³-hybridized carbons (Fsp3) is 0.125. The van der Waals surface area contributed by atoms with E-state index in [1.165, 1.54) is 6.08 Å². The third kappa shape index (κ3) is 6.06. The molecular formula is C32H27Cl2N5O3. The Hall–Kier alpha value is -4.50. The summed E-state index contributed by atoms with van der Waals surface area (Å²) in [7, 11) is 1.57. The van der Waals surface area contributed by atoms with Crippen molar-refractivity contribution in [3.63, 3.8) is 0 Å². The number of para-hydroxylation sites is 1. The number of aryl methyl sites for hydroxylation is 1. The number of carbonyl (C=O) groups is 2. The molecule has 0 radical (unpaired) electrons. The minimum atomic E-state index is -0.952. The molecule has 0 fully saturated rings. The Morgan fingerprint density at radius 2 is 1.86 bits per heavy atom. The number of nitrogens with zero attached hydrogens (tertiary/aromatic N) is 3. The molecular weight excluding hydrogens is 573 g/mol. The molecule has 2 heterocycles. The topological polar surface area (TPSA) is 112 Å². The van der Waals surface area contributed by atoms with E-state index in [9.17, 15) is 9.59 Å². The number of nitrogens with two attached hydrogens (primary N) is 1. The van der Waals surface area contributed by atoms with E-state index in [0.717, 1.165) is 10.9 Å². The largest absolute Gasteiger partial charge is 0.487 e. The fourth-order valence-corrected chi connectivity index (χ4v) is 5.04. The Balaban J connectivity index is 1.37. The lowest BCUT2D eigenvalue weighted by atomic mass is 10.1. The molecule has 0 aliphatic heterocycles. The van der Waals surface area contributed by atoms with Gasteiger partial charge >= 0.3 is 0 Å². The van der Waals surface area contributed by atoms with Gasteiger partial charge in [-0.1, -0.05) is 53.5 Å². The van der Waals surface area contributed by atoms with Gasteiger partial charge < -0.3 is 20.4 Å². The lowest BCUT2D eigenvalue weighted by Gasteiger charge is -2.18. The van der Waals surface area contributed by atoms with Crippen LogP contribution >= 0.6 is 23.2 Å². The van der Waals surface area contributed by atoms with Crippen LogP contribution in [0.3, 0.4) is 0 Å². The van der Waals surface area contributed by atoms with Crippen molar-refractivity contribution < 1.29 is 14.3 Å². The molecule has 0 aliphatic carbocycles. The second kappa shape index (κ2) is 12.6. The summed E-state index contributed by atoms with van der Waals surface area (Å²) in [5.41, 5.74) is 10.1. The average molecular weight is 601 g/mol. The summed E-state index contributed by atoms with van der Waals surface area (Å²) < 4.78 is 7.90. The lowest BCUT2D eigenvalue weighted by Crippen LogP contribution is -2.22. The Morgan fingerprint density at radius 1 is 1.07 bits per heavy atom. The van der Waals surface area contributed by atoms with Crippen molar-refractivity contribution in [1.82, 2.24) is 19.9 Å². The molecule has 2 aromatic heterocycles. The molecule has 1 unspecified atom stereocenters. The van der Waals surface area contributed by atoms with Gasteiger partial charge in [-0.3, -0.25) is 9.59 Å². The molecule has 1 amide bonds. The molecule has 3 N–H and O–H groups in total. The zero-order valence-corrected chi connectivity index (χ0v) is 24.4. The third-order valence-electron chi connectivity index (χ3n) is 6.74. The highest BCUT2D eigenvalue weighted by molar-refractivity contribution is 6.37. The van der Waals surface area contributed by atoms with E-state index in [1.54, 1.807) is 78.6 Å². The summed E-state index contributed by atoms with van der Waals surface area (Å²) in [4.78, 5) is 33.6. The summed E-state index contributed by atoms with van der Waals surface area (Å²) in [5, 5.41) is 4.24. The van der Waals surface area contributed by atoms with Gasteiger partial charge in [-0.2, -0.15) is 0 Å². The van der Waals surface area contributed by atoms with Gasteiger partial charge in [0.1, 0.15) is 29.7 Å². The SMILES string of the molecule is CNC(=O)c1ccc(/C=C/C(=O)C(N)c2cccn2-c2ccc(Cl)c(COc3cccc4cnc(C)nc34)c2Cl)cc1. The first-order valence-corrected chi connectivity index (χ1v) is 13.8. The molecule has 8 nitrogen and oxygen atoms in total. The summed E-state index contributed by atoms with van der Waals surface area (Å²) in [6.45, 7) is 1.91. The third-order valence-corrected chi connectivity index (χ3v) is 7.51. The van der Waals surface area contributed by atoms with Crippen molar-refractivity contribution in [3.05, 3.63) is 123 Å². The molecule has 0 saturated heterocycles. The van der Waals surface area contributed by atoms with Crippen molar-refractivity contribution >= 4 is 51.9 Å². The molecule has 0 saturated carbocycles. The van der Waals surface area contributed by atoms with Crippen LogP contribution in [0.25, 0.3) is 22.7 Å². The number of ether oxygens (including phenoxy) is 1. The van der Waals surface area contributed by atoms with Crippen LogP contribution in [0.4, 0.5) is 0 Å². The highest BCUT2D eigenvalue weighted by atomic mass is 35.5. The molecule has 5 rings (SSSR count). The van der Waals surface area contributed by atoms with Crippen molar-refractivity contribution in [2.45, 2.75) is 19.6 Å². The number of halogens is 2. The van der Waals surface area contributed by atoms with Crippen molar-refractivity contribution in [3.8, 4) is 11.4 Å². The maximum atomic E-state index is 13.0. The fourth-order valence-electron chi connectivity index (χ4n) is 4.47. The van der Waals surface area contributed by atoms with Crippen molar-refractivity contribution in [2.24, 2.45) is 5.73 Å². The van der Waals surface area contributed by atoms with E-state index < -0.39 is 6.04 Å². The van der Waals surface area contributed by atoms with Crippen LogP contribution in [0.15, 0.2) is 85.2 Å². The van der Waals surface area contributed by atoms with Crippen LogP contribution in [0, 0.1) is 6.92 Å². The van der Waals surface area contributed by atoms with E-state index in [-0.39, 0.29) is 18.3 Å². The van der Waals surface area contributed by atoms with Crippen LogP contribution in [0.2, 0.25) is 10.0 Å². The Kier molecular flexibility index (Phi) is 8.68. The molecule has 3 aromatic carbocycles. The van der Waals surface area contributed by atoms with E-state index in [1.807, 2.05) is 25.1 Å². The summed E-state index contributed by atoms with van der Waals surface area (Å²) >= 11 is 13.4. The van der Waals surface area contributed by atoms with Crippen molar-refractivity contribution in [1.29, 1.82) is 0 Å². The number of carbonyl (C=O) groups excluding carboxylic acids is 2. The zero-order chi connectivity index (χ0) is 29.8. The first-order valence-electron chi connectivity index (χ1n) is 13.1. The number of fused-ring (bicyclic) bond motifs is 1. The molecule has 0 bridgehead atoms. The minimum absolute atomic E-state index is 0.0939. The number of aromatic nitrogens is 3. The standard InChI is InChI=1S/C32H27Cl2N5O3/c1-19-37-17-22-5-3-7-28(31(22)38-19)42-18-23-24(33)13-14-25(29(23)34)39-16-4-6-26(39)30(35)27(40)15-10-20-8-11-21(12-9-20)32(41)36-2/h3-17,30H,18,35H2,1-2H3,(H,36,41)/b15-10+. The molecule has 42 heavy (non-hydrogen) atoms. The molecule has 1 atom stereocenters. The second-order valence-electron chi connectivity index (χ2n) is 9.48. The number of hydrogen-bond donors (Lipinski definition) is 2. The lowest BCUT2D eigenvalue weighted by molar-refractivity contribution is -0.115. The zero-order valence-electron chi connectivity index (χ0n) is 22.8. The number of ketones is 1. The monoisotopic (exact) mass is 599 g/mol. The molecule has 0 spiro atoms. The van der Waals surface area contributed by atoms with E-state index in [4.69, 9.17) is 33.7 Å². The van der Waals surface area contributed by atoms with Crippen LogP contribution in [0.5, 0.6) is 5.75 Å². The molecule has 10 heteroatoms. The minimum Gasteiger partial charge on any atom is -0.487 e. The van der Waals surface area contributed by atoms with Crippen LogP contribution in [0.1, 0.15) is 39.0 Å². The normalized spacial score (nSPS) is 12.0. The van der Waals surface area contributed by atoms with Gasteiger partial charge in [0.15, 0.2) is 5.78 Å². The Morgan fingerprint density at radius 3 is 2.62 bits per heavy atom.